The summed E-state index contributed by atoms with van der Waals surface area (Å²) in [5.74, 6) is 0.0864. The van der Waals surface area contributed by atoms with E-state index < -0.39 is 0 Å². The van der Waals surface area contributed by atoms with Crippen molar-refractivity contribution in [1.82, 2.24) is 0 Å². The van der Waals surface area contributed by atoms with E-state index in [0.717, 1.165) is 24.2 Å². The fourth-order valence-electron chi connectivity index (χ4n) is 3.57. The summed E-state index contributed by atoms with van der Waals surface area (Å²) < 4.78 is 13.2. The van der Waals surface area contributed by atoms with Crippen LogP contribution in [-0.4, -0.2) is 24.9 Å². The van der Waals surface area contributed by atoms with Gasteiger partial charge in [-0.05, 0) is 42.8 Å². The van der Waals surface area contributed by atoms with Crippen LogP contribution in [0.3, 0.4) is 0 Å². The summed E-state index contributed by atoms with van der Waals surface area (Å²) in [6, 6.07) is 13.9. The van der Waals surface area contributed by atoms with Gasteiger partial charge in [0.25, 0.3) is 5.91 Å². The molecule has 1 aliphatic rings. The number of halogens is 1. The molecule has 3 N–H and O–H groups in total. The van der Waals surface area contributed by atoms with Crippen molar-refractivity contribution in [3.8, 4) is 0 Å². The molecular weight excluding hydrogens is 357 g/mol. The minimum absolute atomic E-state index is 0.0786. The number of quaternary nitrogens is 1. The van der Waals surface area contributed by atoms with E-state index in [4.69, 9.17) is 0 Å². The van der Waals surface area contributed by atoms with Gasteiger partial charge in [0.1, 0.15) is 11.9 Å². The number of hydrogen-bond acceptors (Lipinski definition) is 2. The first-order valence-electron chi connectivity index (χ1n) is 9.73. The quantitative estimate of drug-likeness (QED) is 0.771. The van der Waals surface area contributed by atoms with Crippen molar-refractivity contribution >= 4 is 23.2 Å². The van der Waals surface area contributed by atoms with Crippen LogP contribution in [0.15, 0.2) is 48.5 Å². The van der Waals surface area contributed by atoms with E-state index in [1.807, 2.05) is 29.6 Å². The van der Waals surface area contributed by atoms with Crippen LogP contribution in [0, 0.1) is 11.7 Å². The highest BCUT2D eigenvalue weighted by atomic mass is 19.1. The standard InChI is InChI=1S/C22H26FN3O2/c1-15(2)22(16-5-7-17(23)8-6-16)24-14-20(27)25-18-9-11-19(12-10-18)26-13-3-4-21(26)28/h5-12,15,22,24H,3-4,13-14H2,1-2H3,(H,25,27)/p+1/t22-/m0/s1. The number of nitrogens with zero attached hydrogens (tertiary/aromatic N) is 1. The van der Waals surface area contributed by atoms with Crippen LogP contribution < -0.4 is 15.5 Å². The Labute approximate surface area is 164 Å². The van der Waals surface area contributed by atoms with Gasteiger partial charge < -0.3 is 15.5 Å². The second-order valence-corrected chi connectivity index (χ2v) is 7.51. The largest absolute Gasteiger partial charge is 0.332 e. The number of benzene rings is 2. The number of anilines is 2. The molecule has 0 bridgehead atoms. The molecular formula is C22H27FN3O2+. The minimum Gasteiger partial charge on any atom is -0.332 e. The number of nitrogens with one attached hydrogen (secondary N) is 1. The van der Waals surface area contributed by atoms with E-state index in [0.29, 0.717) is 18.0 Å². The summed E-state index contributed by atoms with van der Waals surface area (Å²) in [7, 11) is 0. The Bertz CT molecular complexity index is 819. The van der Waals surface area contributed by atoms with Crippen LogP contribution in [-0.2, 0) is 9.59 Å². The van der Waals surface area contributed by atoms with Crippen molar-refractivity contribution < 1.29 is 19.3 Å². The Morgan fingerprint density at radius 1 is 1.14 bits per heavy atom. The lowest BCUT2D eigenvalue weighted by Crippen LogP contribution is -2.88. The van der Waals surface area contributed by atoms with Crippen LogP contribution in [0.5, 0.6) is 0 Å². The third kappa shape index (κ3) is 4.95. The van der Waals surface area contributed by atoms with Gasteiger partial charge in [-0.2, -0.15) is 0 Å². The zero-order chi connectivity index (χ0) is 20.1. The van der Waals surface area contributed by atoms with Crippen molar-refractivity contribution in [2.24, 2.45) is 5.92 Å². The SMILES string of the molecule is CC(C)[C@H]([NH2+]CC(=O)Nc1ccc(N2CCCC2=O)cc1)c1ccc(F)cc1. The van der Waals surface area contributed by atoms with E-state index in [1.54, 1.807) is 17.0 Å². The third-order valence-electron chi connectivity index (χ3n) is 5.07. The lowest BCUT2D eigenvalue weighted by molar-refractivity contribution is -0.692. The van der Waals surface area contributed by atoms with Gasteiger partial charge in [0.05, 0.1) is 0 Å². The van der Waals surface area contributed by atoms with Crippen LogP contribution in [0.1, 0.15) is 38.3 Å². The molecule has 28 heavy (non-hydrogen) atoms. The molecule has 0 aliphatic carbocycles. The summed E-state index contributed by atoms with van der Waals surface area (Å²) in [5.41, 5.74) is 2.57. The number of carbonyl (C=O) groups is 2. The van der Waals surface area contributed by atoms with E-state index in [-0.39, 0.29) is 30.2 Å². The molecule has 0 aromatic heterocycles. The van der Waals surface area contributed by atoms with E-state index >= 15 is 0 Å². The number of amides is 2. The molecule has 1 saturated heterocycles. The van der Waals surface area contributed by atoms with Crippen molar-refractivity contribution in [1.29, 1.82) is 0 Å². The number of nitrogens with two attached hydrogens (primary N) is 1. The van der Waals surface area contributed by atoms with Gasteiger partial charge in [-0.1, -0.05) is 26.0 Å². The van der Waals surface area contributed by atoms with Crippen molar-refractivity contribution in [2.75, 3.05) is 23.3 Å². The fraction of sp³-hybridized carbons (Fsp3) is 0.364. The highest BCUT2D eigenvalue weighted by Crippen LogP contribution is 2.23. The molecule has 5 nitrogen and oxygen atoms in total. The zero-order valence-electron chi connectivity index (χ0n) is 16.3. The molecule has 0 unspecified atom stereocenters. The summed E-state index contributed by atoms with van der Waals surface area (Å²) >= 11 is 0. The van der Waals surface area contributed by atoms with Gasteiger partial charge in [0, 0.05) is 35.8 Å². The van der Waals surface area contributed by atoms with Crippen LogP contribution >= 0.6 is 0 Å². The molecule has 0 spiro atoms. The number of rotatable bonds is 7. The molecule has 1 fully saturated rings. The fourth-order valence-corrected chi connectivity index (χ4v) is 3.57. The topological polar surface area (TPSA) is 66.0 Å². The van der Waals surface area contributed by atoms with Gasteiger partial charge >= 0.3 is 0 Å². The van der Waals surface area contributed by atoms with E-state index in [2.05, 4.69) is 19.2 Å². The Hall–Kier alpha value is -2.73. The molecule has 2 aromatic rings. The maximum absolute atomic E-state index is 13.2. The second kappa shape index (κ2) is 8.97. The molecule has 1 atom stereocenters. The summed E-state index contributed by atoms with van der Waals surface area (Å²) in [6.07, 6.45) is 1.48. The summed E-state index contributed by atoms with van der Waals surface area (Å²) in [5, 5.41) is 4.87. The van der Waals surface area contributed by atoms with Crippen molar-refractivity contribution in [3.63, 3.8) is 0 Å². The molecule has 1 heterocycles. The molecule has 2 aromatic carbocycles. The zero-order valence-corrected chi connectivity index (χ0v) is 16.3. The predicted octanol–water partition coefficient (Wildman–Crippen LogP) is 2.85. The van der Waals surface area contributed by atoms with Gasteiger partial charge in [-0.15, -0.1) is 0 Å². The van der Waals surface area contributed by atoms with Crippen molar-refractivity contribution in [3.05, 3.63) is 59.9 Å². The second-order valence-electron chi connectivity index (χ2n) is 7.51. The van der Waals surface area contributed by atoms with Crippen LogP contribution in [0.25, 0.3) is 0 Å². The van der Waals surface area contributed by atoms with Crippen LogP contribution in [0.2, 0.25) is 0 Å². The normalized spacial score (nSPS) is 15.1. The summed E-state index contributed by atoms with van der Waals surface area (Å²) in [6.45, 7) is 5.19. The highest BCUT2D eigenvalue weighted by molar-refractivity contribution is 5.96. The van der Waals surface area contributed by atoms with Crippen LogP contribution in [0.4, 0.5) is 15.8 Å². The first kappa shape index (κ1) is 20.0. The van der Waals surface area contributed by atoms with Gasteiger partial charge in [-0.25, -0.2) is 4.39 Å². The molecule has 0 radical (unpaired) electrons. The number of carbonyl (C=O) groups excluding carboxylic acids is 2. The minimum atomic E-state index is -0.261. The Balaban J connectivity index is 1.55. The maximum Gasteiger partial charge on any atom is 0.279 e. The lowest BCUT2D eigenvalue weighted by atomic mass is 9.96. The maximum atomic E-state index is 13.2. The number of hydrogen-bond donors (Lipinski definition) is 2. The molecule has 1 aliphatic heterocycles. The smallest absolute Gasteiger partial charge is 0.279 e. The van der Waals surface area contributed by atoms with E-state index in [1.165, 1.54) is 12.1 Å². The monoisotopic (exact) mass is 384 g/mol. The average molecular weight is 384 g/mol. The Morgan fingerprint density at radius 2 is 1.82 bits per heavy atom. The highest BCUT2D eigenvalue weighted by Gasteiger charge is 2.22. The Morgan fingerprint density at radius 3 is 2.39 bits per heavy atom. The lowest BCUT2D eigenvalue weighted by Gasteiger charge is -2.19. The Kier molecular flexibility index (Phi) is 6.41. The molecule has 6 heteroatoms. The molecule has 0 saturated carbocycles. The molecule has 148 valence electrons. The van der Waals surface area contributed by atoms with E-state index in [9.17, 15) is 14.0 Å². The van der Waals surface area contributed by atoms with Gasteiger partial charge in [-0.3, -0.25) is 9.59 Å². The van der Waals surface area contributed by atoms with Crippen molar-refractivity contribution in [2.45, 2.75) is 32.7 Å². The average Bonchev–Trinajstić information content (AvgIpc) is 3.09. The van der Waals surface area contributed by atoms with Gasteiger partial charge in [0.2, 0.25) is 5.91 Å². The first-order valence-corrected chi connectivity index (χ1v) is 9.73. The third-order valence-corrected chi connectivity index (χ3v) is 5.07. The predicted molar refractivity (Wildman–Crippen MR) is 107 cm³/mol. The first-order chi connectivity index (χ1) is 13.4. The molecule has 2 amide bonds. The summed E-state index contributed by atoms with van der Waals surface area (Å²) in [4.78, 5) is 25.9. The molecule has 3 rings (SSSR count). The van der Waals surface area contributed by atoms with Gasteiger partial charge in [0.15, 0.2) is 6.54 Å².